The van der Waals surface area contributed by atoms with Gasteiger partial charge in [-0.05, 0) is 30.7 Å². The van der Waals surface area contributed by atoms with Crippen molar-refractivity contribution in [3.63, 3.8) is 0 Å². The Morgan fingerprint density at radius 3 is 2.60 bits per heavy atom. The van der Waals surface area contributed by atoms with Crippen molar-refractivity contribution in [3.8, 4) is 11.3 Å². The van der Waals surface area contributed by atoms with Crippen LogP contribution < -0.4 is 5.73 Å². The molecule has 1 aromatic heterocycles. The third-order valence-corrected chi connectivity index (χ3v) is 2.27. The van der Waals surface area contributed by atoms with Gasteiger partial charge in [-0.15, -0.1) is 0 Å². The Labute approximate surface area is 87.2 Å². The number of nitrogens with two attached hydrogens (primary N) is 1. The quantitative estimate of drug-likeness (QED) is 0.790. The lowest BCUT2D eigenvalue weighted by molar-refractivity contribution is 0.628. The molecule has 2 aromatic rings. The highest BCUT2D eigenvalue weighted by molar-refractivity contribution is 5.63. The number of hydrogen-bond acceptors (Lipinski definition) is 2. The maximum Gasteiger partial charge on any atom is 0.198 e. The molecule has 0 spiro atoms. The number of aryl methyl sites for hydroxylation is 1. The molecule has 0 amide bonds. The minimum atomic E-state index is -0.250. The lowest BCUT2D eigenvalue weighted by Crippen LogP contribution is -1.86. The number of imidazole rings is 1. The summed E-state index contributed by atoms with van der Waals surface area (Å²) in [5.41, 5.74) is 8.23. The largest absolute Gasteiger partial charge is 0.369 e. The van der Waals surface area contributed by atoms with E-state index in [-0.39, 0.29) is 5.82 Å². The van der Waals surface area contributed by atoms with Crippen molar-refractivity contribution < 1.29 is 4.39 Å². The van der Waals surface area contributed by atoms with Gasteiger partial charge >= 0.3 is 0 Å². The number of nitrogen functional groups attached to an aromatic ring is 1. The number of hydrogen-bond donors (Lipinski definition) is 2. The van der Waals surface area contributed by atoms with E-state index in [9.17, 15) is 4.39 Å². The number of aromatic amines is 1. The van der Waals surface area contributed by atoms with Crippen molar-refractivity contribution >= 4 is 5.95 Å². The van der Waals surface area contributed by atoms with Crippen molar-refractivity contribution in [2.45, 2.75) is 13.3 Å². The van der Waals surface area contributed by atoms with Gasteiger partial charge in [0.2, 0.25) is 0 Å². The average molecular weight is 205 g/mol. The summed E-state index contributed by atoms with van der Waals surface area (Å²) < 4.78 is 12.7. The first-order chi connectivity index (χ1) is 7.20. The van der Waals surface area contributed by atoms with Gasteiger partial charge < -0.3 is 10.7 Å². The zero-order valence-corrected chi connectivity index (χ0v) is 8.42. The molecule has 78 valence electrons. The van der Waals surface area contributed by atoms with Crippen LogP contribution in [0.3, 0.4) is 0 Å². The van der Waals surface area contributed by atoms with Gasteiger partial charge in [-0.2, -0.15) is 0 Å². The highest BCUT2D eigenvalue weighted by atomic mass is 19.1. The van der Waals surface area contributed by atoms with Crippen LogP contribution in [0.5, 0.6) is 0 Å². The van der Waals surface area contributed by atoms with Crippen LogP contribution in [-0.2, 0) is 6.42 Å². The summed E-state index contributed by atoms with van der Waals surface area (Å²) in [6.45, 7) is 2.01. The van der Waals surface area contributed by atoms with E-state index in [1.165, 1.54) is 12.1 Å². The summed E-state index contributed by atoms with van der Waals surface area (Å²) in [6, 6.07) is 6.23. The third kappa shape index (κ3) is 1.83. The van der Waals surface area contributed by atoms with Crippen LogP contribution in [0.1, 0.15) is 12.6 Å². The number of H-pyrrole nitrogens is 1. The molecule has 3 N–H and O–H groups in total. The molecule has 0 bridgehead atoms. The second-order valence-corrected chi connectivity index (χ2v) is 3.31. The SMILES string of the molecule is CCc1[nH]c(N)nc1-c1ccc(F)cc1. The van der Waals surface area contributed by atoms with Crippen LogP contribution in [0.15, 0.2) is 24.3 Å². The second kappa shape index (κ2) is 3.73. The van der Waals surface area contributed by atoms with E-state index in [0.717, 1.165) is 23.4 Å². The minimum Gasteiger partial charge on any atom is -0.369 e. The number of anilines is 1. The Hall–Kier alpha value is -1.84. The molecule has 0 saturated carbocycles. The van der Waals surface area contributed by atoms with Crippen LogP contribution in [-0.4, -0.2) is 9.97 Å². The average Bonchev–Trinajstić information content (AvgIpc) is 2.61. The molecule has 0 aliphatic carbocycles. The molecular weight excluding hydrogens is 193 g/mol. The molecule has 1 heterocycles. The minimum absolute atomic E-state index is 0.250. The van der Waals surface area contributed by atoms with Crippen molar-refractivity contribution in [1.29, 1.82) is 0 Å². The van der Waals surface area contributed by atoms with Gasteiger partial charge in [-0.1, -0.05) is 6.92 Å². The van der Waals surface area contributed by atoms with E-state index >= 15 is 0 Å². The van der Waals surface area contributed by atoms with Gasteiger partial charge in [-0.25, -0.2) is 9.37 Å². The molecule has 3 nitrogen and oxygen atoms in total. The Morgan fingerprint density at radius 2 is 2.00 bits per heavy atom. The fourth-order valence-electron chi connectivity index (χ4n) is 1.53. The van der Waals surface area contributed by atoms with Gasteiger partial charge in [0.05, 0.1) is 5.69 Å². The summed E-state index contributed by atoms with van der Waals surface area (Å²) in [4.78, 5) is 7.16. The monoisotopic (exact) mass is 205 g/mol. The Morgan fingerprint density at radius 1 is 1.33 bits per heavy atom. The molecule has 0 fully saturated rings. The third-order valence-electron chi connectivity index (χ3n) is 2.27. The standard InChI is InChI=1S/C11H12FN3/c1-2-9-10(15-11(13)14-9)7-3-5-8(12)6-4-7/h3-6H,2H2,1H3,(H3,13,14,15). The van der Waals surface area contributed by atoms with Crippen LogP contribution in [0.4, 0.5) is 10.3 Å². The first-order valence-corrected chi connectivity index (χ1v) is 4.81. The Bertz CT molecular complexity index is 459. The van der Waals surface area contributed by atoms with Crippen LogP contribution >= 0.6 is 0 Å². The zero-order chi connectivity index (χ0) is 10.8. The highest BCUT2D eigenvalue weighted by Crippen LogP contribution is 2.22. The van der Waals surface area contributed by atoms with Crippen molar-refractivity contribution in [3.05, 3.63) is 35.8 Å². The van der Waals surface area contributed by atoms with Crippen LogP contribution in [0, 0.1) is 5.82 Å². The first-order valence-electron chi connectivity index (χ1n) is 4.81. The van der Waals surface area contributed by atoms with E-state index in [1.807, 2.05) is 6.92 Å². The molecule has 15 heavy (non-hydrogen) atoms. The molecule has 0 aliphatic rings. The Kier molecular flexibility index (Phi) is 2.41. The zero-order valence-electron chi connectivity index (χ0n) is 8.42. The van der Waals surface area contributed by atoms with Crippen LogP contribution in [0.25, 0.3) is 11.3 Å². The lowest BCUT2D eigenvalue weighted by Gasteiger charge is -1.99. The molecule has 0 aliphatic heterocycles. The number of rotatable bonds is 2. The second-order valence-electron chi connectivity index (χ2n) is 3.31. The maximum absolute atomic E-state index is 12.7. The fraction of sp³-hybridized carbons (Fsp3) is 0.182. The van der Waals surface area contributed by atoms with E-state index in [2.05, 4.69) is 9.97 Å². The first kappa shape index (κ1) is 9.71. The van der Waals surface area contributed by atoms with Gasteiger partial charge in [0.25, 0.3) is 0 Å². The predicted molar refractivity (Wildman–Crippen MR) is 57.8 cm³/mol. The van der Waals surface area contributed by atoms with Gasteiger partial charge in [0.1, 0.15) is 5.82 Å². The number of nitrogens with one attached hydrogen (secondary N) is 1. The number of halogens is 1. The molecule has 2 rings (SSSR count). The molecular formula is C11H12FN3. The summed E-state index contributed by atoms with van der Waals surface area (Å²) in [7, 11) is 0. The summed E-state index contributed by atoms with van der Waals surface area (Å²) in [5.74, 6) is 0.145. The maximum atomic E-state index is 12.7. The molecule has 1 aromatic carbocycles. The predicted octanol–water partition coefficient (Wildman–Crippen LogP) is 2.36. The van der Waals surface area contributed by atoms with Crippen molar-refractivity contribution in [2.75, 3.05) is 5.73 Å². The molecule has 0 saturated heterocycles. The van der Waals surface area contributed by atoms with Crippen molar-refractivity contribution in [1.82, 2.24) is 9.97 Å². The smallest absolute Gasteiger partial charge is 0.198 e. The number of nitrogens with zero attached hydrogens (tertiary/aromatic N) is 1. The lowest BCUT2D eigenvalue weighted by atomic mass is 10.1. The molecule has 4 heteroatoms. The highest BCUT2D eigenvalue weighted by Gasteiger charge is 2.08. The Balaban J connectivity index is 2.48. The summed E-state index contributed by atoms with van der Waals surface area (Å²) >= 11 is 0. The van der Waals surface area contributed by atoms with E-state index in [4.69, 9.17) is 5.73 Å². The van der Waals surface area contributed by atoms with Crippen molar-refractivity contribution in [2.24, 2.45) is 0 Å². The number of benzene rings is 1. The summed E-state index contributed by atoms with van der Waals surface area (Å²) in [5, 5.41) is 0. The van der Waals surface area contributed by atoms with E-state index in [0.29, 0.717) is 5.95 Å². The van der Waals surface area contributed by atoms with Crippen LogP contribution in [0.2, 0.25) is 0 Å². The fourth-order valence-corrected chi connectivity index (χ4v) is 1.53. The number of aromatic nitrogens is 2. The van der Waals surface area contributed by atoms with Gasteiger partial charge in [0, 0.05) is 11.3 Å². The normalized spacial score (nSPS) is 10.5. The van der Waals surface area contributed by atoms with Gasteiger partial charge in [-0.3, -0.25) is 0 Å². The molecule has 0 radical (unpaired) electrons. The topological polar surface area (TPSA) is 54.7 Å². The molecule has 0 atom stereocenters. The van der Waals surface area contributed by atoms with E-state index in [1.54, 1.807) is 12.1 Å². The molecule has 0 unspecified atom stereocenters. The summed E-state index contributed by atoms with van der Waals surface area (Å²) in [6.07, 6.45) is 0.816. The van der Waals surface area contributed by atoms with Gasteiger partial charge in [0.15, 0.2) is 5.95 Å². The van der Waals surface area contributed by atoms with E-state index < -0.39 is 0 Å².